The van der Waals surface area contributed by atoms with Gasteiger partial charge in [-0.1, -0.05) is 36.4 Å². The Bertz CT molecular complexity index is 575. The molecule has 1 unspecified atom stereocenters. The normalized spacial score (nSPS) is 21.1. The third kappa shape index (κ3) is 2.91. The van der Waals surface area contributed by atoms with E-state index in [1.54, 1.807) is 0 Å². The summed E-state index contributed by atoms with van der Waals surface area (Å²) in [6, 6.07) is 7.91. The van der Waals surface area contributed by atoms with Crippen molar-refractivity contribution >= 4 is 17.9 Å². The van der Waals surface area contributed by atoms with E-state index in [0.29, 0.717) is 6.42 Å². The summed E-state index contributed by atoms with van der Waals surface area (Å²) in [6.45, 7) is 1.96. The molecule has 2 rings (SSSR count). The summed E-state index contributed by atoms with van der Waals surface area (Å²) in [5, 5.41) is 2.92. The van der Waals surface area contributed by atoms with E-state index in [4.69, 9.17) is 5.73 Å². The predicted octanol–water partition coefficient (Wildman–Crippen LogP) is 1.48. The molecule has 0 aromatic heterocycles. The average molecular weight is 256 g/mol. The van der Waals surface area contributed by atoms with Crippen LogP contribution in [0.25, 0.3) is 6.08 Å². The Hall–Kier alpha value is -2.36. The monoisotopic (exact) mass is 256 g/mol. The van der Waals surface area contributed by atoms with Crippen molar-refractivity contribution in [3.05, 3.63) is 53.6 Å². The van der Waals surface area contributed by atoms with Gasteiger partial charge in [-0.05, 0) is 24.5 Å². The minimum atomic E-state index is -0.635. The van der Waals surface area contributed by atoms with Crippen LogP contribution < -0.4 is 11.1 Å². The number of fused-ring (bicyclic) bond motifs is 1. The molecule has 0 fully saturated rings. The van der Waals surface area contributed by atoms with Crippen molar-refractivity contribution in [1.82, 2.24) is 5.32 Å². The molecule has 4 nitrogen and oxygen atoms in total. The van der Waals surface area contributed by atoms with Crippen LogP contribution in [0.3, 0.4) is 0 Å². The molecule has 1 atom stereocenters. The number of hydrogen-bond donors (Lipinski definition) is 2. The van der Waals surface area contributed by atoms with E-state index >= 15 is 0 Å². The van der Waals surface area contributed by atoms with Gasteiger partial charge in [0.15, 0.2) is 0 Å². The molecule has 0 radical (unpaired) electrons. The van der Waals surface area contributed by atoms with Crippen LogP contribution in [-0.2, 0) is 15.1 Å². The molecule has 0 aliphatic heterocycles. The van der Waals surface area contributed by atoms with Gasteiger partial charge in [-0.3, -0.25) is 9.59 Å². The van der Waals surface area contributed by atoms with Gasteiger partial charge in [0, 0.05) is 12.2 Å². The zero-order valence-corrected chi connectivity index (χ0v) is 10.7. The molecule has 1 aliphatic carbocycles. The predicted molar refractivity (Wildman–Crippen MR) is 73.9 cm³/mol. The molecule has 2 amide bonds. The lowest BCUT2D eigenvalue weighted by molar-refractivity contribution is -0.119. The maximum Gasteiger partial charge on any atom is 0.244 e. The van der Waals surface area contributed by atoms with E-state index in [2.05, 4.69) is 5.32 Å². The van der Waals surface area contributed by atoms with Crippen LogP contribution in [-0.4, -0.2) is 11.8 Å². The van der Waals surface area contributed by atoms with Crippen LogP contribution >= 0.6 is 0 Å². The Morgan fingerprint density at radius 1 is 1.32 bits per heavy atom. The van der Waals surface area contributed by atoms with Crippen LogP contribution in [0.1, 0.15) is 24.5 Å². The second-order valence-electron chi connectivity index (χ2n) is 4.75. The highest BCUT2D eigenvalue weighted by molar-refractivity contribution is 5.96. The fraction of sp³-hybridized carbons (Fsp3) is 0.200. The fourth-order valence-corrected chi connectivity index (χ4v) is 2.27. The molecule has 0 spiro atoms. The number of rotatable bonds is 3. The van der Waals surface area contributed by atoms with Gasteiger partial charge in [-0.25, -0.2) is 0 Å². The smallest absolute Gasteiger partial charge is 0.244 e. The summed E-state index contributed by atoms with van der Waals surface area (Å²) in [5.41, 5.74) is 6.66. The summed E-state index contributed by atoms with van der Waals surface area (Å²) in [7, 11) is 0. The first-order valence-electron chi connectivity index (χ1n) is 6.07. The second-order valence-corrected chi connectivity index (χ2v) is 4.75. The van der Waals surface area contributed by atoms with Crippen molar-refractivity contribution in [2.75, 3.05) is 0 Å². The SMILES string of the molecule is CC1(NC(=O)C=CC(N)=O)CC=Cc2ccccc21. The van der Waals surface area contributed by atoms with Gasteiger partial charge < -0.3 is 11.1 Å². The first-order chi connectivity index (χ1) is 9.01. The molecule has 1 aliphatic rings. The summed E-state index contributed by atoms with van der Waals surface area (Å²) >= 11 is 0. The third-order valence-corrected chi connectivity index (χ3v) is 3.18. The maximum atomic E-state index is 11.8. The van der Waals surface area contributed by atoms with Crippen molar-refractivity contribution in [2.24, 2.45) is 5.73 Å². The summed E-state index contributed by atoms with van der Waals surface area (Å²) in [5.74, 6) is -0.962. The molecule has 0 bridgehead atoms. The van der Waals surface area contributed by atoms with E-state index in [-0.39, 0.29) is 5.91 Å². The van der Waals surface area contributed by atoms with E-state index in [9.17, 15) is 9.59 Å². The van der Waals surface area contributed by atoms with Crippen molar-refractivity contribution in [1.29, 1.82) is 0 Å². The van der Waals surface area contributed by atoms with E-state index in [0.717, 1.165) is 23.3 Å². The van der Waals surface area contributed by atoms with Gasteiger partial charge >= 0.3 is 0 Å². The first kappa shape index (κ1) is 13.1. The third-order valence-electron chi connectivity index (χ3n) is 3.18. The molecule has 19 heavy (non-hydrogen) atoms. The Balaban J connectivity index is 2.22. The zero-order valence-electron chi connectivity index (χ0n) is 10.7. The molecule has 0 saturated heterocycles. The second kappa shape index (κ2) is 5.10. The van der Waals surface area contributed by atoms with Crippen molar-refractivity contribution in [3.8, 4) is 0 Å². The Morgan fingerprint density at radius 3 is 2.79 bits per heavy atom. The number of hydrogen-bond acceptors (Lipinski definition) is 2. The summed E-state index contributed by atoms with van der Waals surface area (Å²) in [6.07, 6.45) is 7.00. The first-order valence-corrected chi connectivity index (χ1v) is 6.07. The summed E-state index contributed by atoms with van der Waals surface area (Å²) < 4.78 is 0. The maximum absolute atomic E-state index is 11.8. The van der Waals surface area contributed by atoms with Gasteiger partial charge in [0.2, 0.25) is 11.8 Å². The number of amides is 2. The Kier molecular flexibility index (Phi) is 3.51. The molecule has 1 aromatic rings. The highest BCUT2D eigenvalue weighted by Crippen LogP contribution is 2.32. The van der Waals surface area contributed by atoms with Crippen LogP contribution in [0.5, 0.6) is 0 Å². The largest absolute Gasteiger partial charge is 0.366 e. The zero-order chi connectivity index (χ0) is 13.9. The van der Waals surface area contributed by atoms with Gasteiger partial charge in [-0.15, -0.1) is 0 Å². The number of benzene rings is 1. The van der Waals surface area contributed by atoms with E-state index in [1.165, 1.54) is 0 Å². The van der Waals surface area contributed by atoms with E-state index in [1.807, 2.05) is 43.3 Å². The Labute approximate surface area is 112 Å². The van der Waals surface area contributed by atoms with Crippen LogP contribution in [0.4, 0.5) is 0 Å². The average Bonchev–Trinajstić information content (AvgIpc) is 2.37. The number of carbonyl (C=O) groups is 2. The Morgan fingerprint density at radius 2 is 2.05 bits per heavy atom. The molecule has 98 valence electrons. The number of carbonyl (C=O) groups excluding carboxylic acids is 2. The summed E-state index contributed by atoms with van der Waals surface area (Å²) in [4.78, 5) is 22.4. The van der Waals surface area contributed by atoms with Crippen LogP contribution in [0, 0.1) is 0 Å². The van der Waals surface area contributed by atoms with Crippen molar-refractivity contribution in [2.45, 2.75) is 18.9 Å². The molecule has 3 N–H and O–H groups in total. The van der Waals surface area contributed by atoms with Gasteiger partial charge in [0.05, 0.1) is 5.54 Å². The van der Waals surface area contributed by atoms with Gasteiger partial charge in [0.25, 0.3) is 0 Å². The number of nitrogens with one attached hydrogen (secondary N) is 1. The van der Waals surface area contributed by atoms with Crippen molar-refractivity contribution < 1.29 is 9.59 Å². The molecular formula is C15H16N2O2. The number of primary amides is 1. The topological polar surface area (TPSA) is 72.2 Å². The number of nitrogens with two attached hydrogens (primary N) is 1. The molecule has 1 aromatic carbocycles. The van der Waals surface area contributed by atoms with Crippen LogP contribution in [0.15, 0.2) is 42.5 Å². The lowest BCUT2D eigenvalue weighted by Gasteiger charge is -2.33. The highest BCUT2D eigenvalue weighted by Gasteiger charge is 2.30. The fourth-order valence-electron chi connectivity index (χ4n) is 2.27. The van der Waals surface area contributed by atoms with Crippen LogP contribution in [0.2, 0.25) is 0 Å². The lowest BCUT2D eigenvalue weighted by atomic mass is 9.81. The molecule has 4 heteroatoms. The van der Waals surface area contributed by atoms with Crippen molar-refractivity contribution in [3.63, 3.8) is 0 Å². The standard InChI is InChI=1S/C15H16N2O2/c1-15(17-14(19)9-8-13(16)18)10-4-6-11-5-2-3-7-12(11)15/h2-9H,10H2,1H3,(H2,16,18)(H,17,19). The molecular weight excluding hydrogens is 240 g/mol. The van der Waals surface area contributed by atoms with Gasteiger partial charge in [-0.2, -0.15) is 0 Å². The van der Waals surface area contributed by atoms with E-state index < -0.39 is 11.4 Å². The molecule has 0 heterocycles. The minimum absolute atomic E-state index is 0.327. The quantitative estimate of drug-likeness (QED) is 0.804. The minimum Gasteiger partial charge on any atom is -0.366 e. The lowest BCUT2D eigenvalue weighted by Crippen LogP contribution is -2.43. The molecule has 0 saturated carbocycles. The van der Waals surface area contributed by atoms with Gasteiger partial charge in [0.1, 0.15) is 0 Å². The highest BCUT2D eigenvalue weighted by atomic mass is 16.2.